The lowest BCUT2D eigenvalue weighted by atomic mass is 9.96. The van der Waals surface area contributed by atoms with Gasteiger partial charge in [0.15, 0.2) is 0 Å². The lowest BCUT2D eigenvalue weighted by Crippen LogP contribution is -2.52. The molecule has 11 heteroatoms. The molecule has 3 N–H and O–H groups in total. The molecule has 2 aliphatic rings. The number of aliphatic hydroxyl groups is 1. The van der Waals surface area contributed by atoms with E-state index in [1.165, 1.54) is 12.1 Å². The molecule has 0 unspecified atom stereocenters. The van der Waals surface area contributed by atoms with Gasteiger partial charge >= 0.3 is 0 Å². The van der Waals surface area contributed by atoms with Crippen LogP contribution in [0.2, 0.25) is 0 Å². The van der Waals surface area contributed by atoms with E-state index in [9.17, 15) is 9.50 Å². The van der Waals surface area contributed by atoms with Crippen molar-refractivity contribution in [2.75, 3.05) is 69.0 Å². The van der Waals surface area contributed by atoms with Gasteiger partial charge < -0.3 is 30.3 Å². The highest BCUT2D eigenvalue weighted by Gasteiger charge is 2.27. The first-order chi connectivity index (χ1) is 19.6. The maximum atomic E-state index is 14.1. The third-order valence-corrected chi connectivity index (χ3v) is 8.53. The van der Waals surface area contributed by atoms with Crippen molar-refractivity contribution in [2.24, 2.45) is 0 Å². The van der Waals surface area contributed by atoms with Crippen LogP contribution in [0.4, 0.5) is 33.2 Å². The Morgan fingerprint density at radius 3 is 2.41 bits per heavy atom. The van der Waals surface area contributed by atoms with Gasteiger partial charge in [0.1, 0.15) is 17.4 Å². The number of hydrogen-bond donors (Lipinski definition) is 3. The fourth-order valence-corrected chi connectivity index (χ4v) is 5.86. The van der Waals surface area contributed by atoms with Crippen LogP contribution in [0.5, 0.6) is 5.75 Å². The molecular weight excluding hydrogens is 589 g/mol. The van der Waals surface area contributed by atoms with Crippen LogP contribution in [-0.4, -0.2) is 84.3 Å². The van der Waals surface area contributed by atoms with Crippen molar-refractivity contribution < 1.29 is 14.2 Å². The Kier molecular flexibility index (Phi) is 8.98. The van der Waals surface area contributed by atoms with Crippen LogP contribution in [0.3, 0.4) is 0 Å². The smallest absolute Gasteiger partial charge is 0.229 e. The third kappa shape index (κ3) is 7.09. The molecule has 2 aromatic carbocycles. The molecule has 0 amide bonds. The maximum Gasteiger partial charge on any atom is 0.229 e. The lowest BCUT2D eigenvalue weighted by molar-refractivity contribution is 0.0793. The Bertz CT molecular complexity index is 1350. The van der Waals surface area contributed by atoms with Crippen LogP contribution in [0.1, 0.15) is 32.3 Å². The molecule has 3 aromatic rings. The fourth-order valence-electron chi connectivity index (χ4n) is 5.57. The van der Waals surface area contributed by atoms with E-state index in [0.29, 0.717) is 39.3 Å². The monoisotopic (exact) mass is 627 g/mol. The van der Waals surface area contributed by atoms with Crippen LogP contribution in [0, 0.1) is 5.82 Å². The van der Waals surface area contributed by atoms with E-state index in [2.05, 4.69) is 70.4 Å². The number of aromatic nitrogens is 2. The van der Waals surface area contributed by atoms with Crippen molar-refractivity contribution in [2.45, 2.75) is 38.3 Å². The van der Waals surface area contributed by atoms with Crippen LogP contribution in [0.25, 0.3) is 0 Å². The first-order valence-electron chi connectivity index (χ1n) is 14.1. The van der Waals surface area contributed by atoms with Gasteiger partial charge in [-0.3, -0.25) is 4.90 Å². The number of anilines is 5. The standard InChI is InChI=1S/C30H39BrFN7O2/c1-30(2,40)23-7-5-20(32)17-26(23)34-28-24(31)19-33-29(36-28)35-25-8-6-22(18-27(25)41-4)38-11-9-21(10-12-38)39-15-13-37(3)14-16-39/h5-8,17-19,21,40H,9-16H2,1-4H3,(H2,33,34,35,36). The number of benzene rings is 2. The van der Waals surface area contributed by atoms with Crippen molar-refractivity contribution in [3.8, 4) is 5.75 Å². The zero-order valence-corrected chi connectivity index (χ0v) is 25.7. The zero-order chi connectivity index (χ0) is 29.1. The SMILES string of the molecule is COc1cc(N2CCC(N3CCN(C)CC3)CC2)ccc1Nc1ncc(Br)c(Nc2cc(F)ccc2C(C)(C)O)n1. The third-order valence-electron chi connectivity index (χ3n) is 7.95. The van der Waals surface area contributed by atoms with E-state index in [-0.39, 0.29) is 0 Å². The minimum atomic E-state index is -1.18. The van der Waals surface area contributed by atoms with Gasteiger partial charge in [0, 0.05) is 74.5 Å². The largest absolute Gasteiger partial charge is 0.494 e. The highest BCUT2D eigenvalue weighted by molar-refractivity contribution is 9.10. The Morgan fingerprint density at radius 2 is 1.73 bits per heavy atom. The number of methoxy groups -OCH3 is 1. The zero-order valence-electron chi connectivity index (χ0n) is 24.1. The normalized spacial score (nSPS) is 17.5. The first-order valence-corrected chi connectivity index (χ1v) is 14.8. The number of likely N-dealkylation sites (N-methyl/N-ethyl adjacent to an activating group) is 1. The summed E-state index contributed by atoms with van der Waals surface area (Å²) in [4.78, 5) is 16.5. The predicted molar refractivity (Wildman–Crippen MR) is 165 cm³/mol. The van der Waals surface area contributed by atoms with Gasteiger partial charge in [-0.2, -0.15) is 4.98 Å². The van der Waals surface area contributed by atoms with E-state index < -0.39 is 11.4 Å². The second-order valence-electron chi connectivity index (χ2n) is 11.3. The molecule has 2 fully saturated rings. The highest BCUT2D eigenvalue weighted by atomic mass is 79.9. The topological polar surface area (TPSA) is 89.0 Å². The Balaban J connectivity index is 1.28. The number of ether oxygens (including phenoxy) is 1. The predicted octanol–water partition coefficient (Wildman–Crippen LogP) is 5.32. The van der Waals surface area contributed by atoms with Crippen molar-refractivity contribution in [1.29, 1.82) is 0 Å². The summed E-state index contributed by atoms with van der Waals surface area (Å²) in [5, 5.41) is 17.0. The minimum Gasteiger partial charge on any atom is -0.494 e. The Labute approximate surface area is 249 Å². The van der Waals surface area contributed by atoms with Crippen LogP contribution >= 0.6 is 15.9 Å². The molecule has 0 radical (unpaired) electrons. The van der Waals surface area contributed by atoms with Crippen molar-refractivity contribution in [3.63, 3.8) is 0 Å². The molecule has 2 aliphatic heterocycles. The van der Waals surface area contributed by atoms with Crippen LogP contribution in [0.15, 0.2) is 47.1 Å². The summed E-state index contributed by atoms with van der Waals surface area (Å²) in [7, 11) is 3.85. The molecule has 3 heterocycles. The first kappa shape index (κ1) is 29.5. The number of piperazine rings is 1. The number of halogens is 2. The van der Waals surface area contributed by atoms with Crippen molar-refractivity contribution in [1.82, 2.24) is 19.8 Å². The second kappa shape index (κ2) is 12.5. The average Bonchev–Trinajstić information content (AvgIpc) is 2.95. The quantitative estimate of drug-likeness (QED) is 0.307. The summed E-state index contributed by atoms with van der Waals surface area (Å²) in [6.07, 6.45) is 3.94. The summed E-state index contributed by atoms with van der Waals surface area (Å²) in [5.74, 6) is 1.05. The number of hydrogen-bond acceptors (Lipinski definition) is 9. The maximum absolute atomic E-state index is 14.1. The van der Waals surface area contributed by atoms with Crippen molar-refractivity contribution >= 4 is 44.8 Å². The van der Waals surface area contributed by atoms with E-state index in [0.717, 1.165) is 63.5 Å². The highest BCUT2D eigenvalue weighted by Crippen LogP contribution is 2.35. The number of piperidine rings is 1. The molecule has 5 rings (SSSR count). The average molecular weight is 629 g/mol. The summed E-state index contributed by atoms with van der Waals surface area (Å²) in [6.45, 7) is 9.96. The van der Waals surface area contributed by atoms with Gasteiger partial charge in [0.2, 0.25) is 5.95 Å². The molecule has 0 atom stereocenters. The number of rotatable bonds is 8. The number of nitrogens with zero attached hydrogens (tertiary/aromatic N) is 5. The molecule has 220 valence electrons. The van der Waals surface area contributed by atoms with Gasteiger partial charge in [-0.25, -0.2) is 9.37 Å². The molecule has 1 aromatic heterocycles. The molecule has 0 bridgehead atoms. The summed E-state index contributed by atoms with van der Waals surface area (Å²) in [6, 6.07) is 11.0. The van der Waals surface area contributed by atoms with Gasteiger partial charge in [-0.05, 0) is 73.9 Å². The minimum absolute atomic E-state index is 0.343. The van der Waals surface area contributed by atoms with Gasteiger partial charge in [-0.15, -0.1) is 0 Å². The van der Waals surface area contributed by atoms with Crippen LogP contribution in [-0.2, 0) is 5.60 Å². The molecule has 0 aliphatic carbocycles. The summed E-state index contributed by atoms with van der Waals surface area (Å²) >= 11 is 3.47. The van der Waals surface area contributed by atoms with Gasteiger partial charge in [0.25, 0.3) is 0 Å². The van der Waals surface area contributed by atoms with E-state index >= 15 is 0 Å². The summed E-state index contributed by atoms with van der Waals surface area (Å²) < 4.78 is 20.4. The fraction of sp³-hybridized carbons (Fsp3) is 0.467. The molecule has 0 saturated carbocycles. The van der Waals surface area contributed by atoms with Gasteiger partial charge in [0.05, 0.1) is 22.9 Å². The van der Waals surface area contributed by atoms with Gasteiger partial charge in [-0.1, -0.05) is 6.07 Å². The van der Waals surface area contributed by atoms with E-state index in [1.807, 2.05) is 6.07 Å². The van der Waals surface area contributed by atoms with Crippen molar-refractivity contribution in [3.05, 3.63) is 58.4 Å². The van der Waals surface area contributed by atoms with E-state index in [4.69, 9.17) is 4.74 Å². The molecule has 9 nitrogen and oxygen atoms in total. The lowest BCUT2D eigenvalue weighted by Gasteiger charge is -2.42. The Morgan fingerprint density at radius 1 is 1.00 bits per heavy atom. The second-order valence-corrected chi connectivity index (χ2v) is 12.2. The Hall–Kier alpha value is -2.99. The molecule has 2 saturated heterocycles. The summed E-state index contributed by atoms with van der Waals surface area (Å²) in [5.41, 5.74) is 1.66. The van der Waals surface area contributed by atoms with Crippen LogP contribution < -0.4 is 20.3 Å². The molecular formula is C30H39BrFN7O2. The molecule has 41 heavy (non-hydrogen) atoms. The van der Waals surface area contributed by atoms with E-state index in [1.54, 1.807) is 33.2 Å². The number of nitrogens with one attached hydrogen (secondary N) is 2. The molecule has 0 spiro atoms.